The fraction of sp³-hybridized carbons (Fsp3) is 0.923. The van der Waals surface area contributed by atoms with Crippen molar-refractivity contribution in [2.24, 2.45) is 17.8 Å². The number of hydrogen-bond acceptors (Lipinski definition) is 2. The Hall–Kier alpha value is -0.370. The number of piperidine rings is 1. The highest BCUT2D eigenvalue weighted by atomic mass is 16.1. The Bertz CT molecular complexity index is 247. The molecule has 2 rings (SSSR count). The molecular formula is C13H23NO. The van der Waals surface area contributed by atoms with Crippen molar-refractivity contribution in [3.63, 3.8) is 0 Å². The molecule has 0 amide bonds. The smallest absolute Gasteiger partial charge is 0.138 e. The number of likely N-dealkylation sites (tertiary alicyclic amines) is 1. The summed E-state index contributed by atoms with van der Waals surface area (Å²) in [6.07, 6.45) is 3.62. The number of rotatable bonds is 3. The largest absolute Gasteiger partial charge is 0.299 e. The summed E-state index contributed by atoms with van der Waals surface area (Å²) < 4.78 is 0. The van der Waals surface area contributed by atoms with Gasteiger partial charge in [-0.05, 0) is 31.6 Å². The number of Topliss-reactive ketones (excluding diaryl/α,β-unsaturated/α-hetero) is 1. The van der Waals surface area contributed by atoms with Gasteiger partial charge < -0.3 is 0 Å². The lowest BCUT2D eigenvalue weighted by Gasteiger charge is -2.38. The highest BCUT2D eigenvalue weighted by Crippen LogP contribution is 2.37. The Labute approximate surface area is 93.0 Å². The third-order valence-electron chi connectivity index (χ3n) is 4.40. The summed E-state index contributed by atoms with van der Waals surface area (Å²) in [4.78, 5) is 14.1. The average molecular weight is 209 g/mol. The van der Waals surface area contributed by atoms with Gasteiger partial charge in [0.05, 0.1) is 0 Å². The van der Waals surface area contributed by atoms with E-state index in [9.17, 15) is 4.79 Å². The predicted molar refractivity (Wildman–Crippen MR) is 61.7 cm³/mol. The number of ketones is 1. The molecule has 1 heterocycles. The van der Waals surface area contributed by atoms with E-state index in [2.05, 4.69) is 25.7 Å². The van der Waals surface area contributed by atoms with Gasteiger partial charge in [0.2, 0.25) is 0 Å². The van der Waals surface area contributed by atoms with Crippen LogP contribution in [0.15, 0.2) is 0 Å². The zero-order valence-corrected chi connectivity index (χ0v) is 10.2. The van der Waals surface area contributed by atoms with Crippen molar-refractivity contribution in [1.82, 2.24) is 4.90 Å². The van der Waals surface area contributed by atoms with Crippen LogP contribution in [0.1, 0.15) is 40.0 Å². The highest BCUT2D eigenvalue weighted by molar-refractivity contribution is 5.82. The van der Waals surface area contributed by atoms with E-state index in [4.69, 9.17) is 0 Å². The summed E-state index contributed by atoms with van der Waals surface area (Å²) in [5, 5.41) is 0. The summed E-state index contributed by atoms with van der Waals surface area (Å²) in [5.41, 5.74) is 0. The second kappa shape index (κ2) is 4.25. The number of nitrogens with zero attached hydrogens (tertiary/aromatic N) is 1. The molecule has 1 aliphatic carbocycles. The van der Waals surface area contributed by atoms with E-state index in [-0.39, 0.29) is 5.92 Å². The molecule has 86 valence electrons. The Morgan fingerprint density at radius 1 is 1.40 bits per heavy atom. The van der Waals surface area contributed by atoms with Gasteiger partial charge in [-0.3, -0.25) is 9.69 Å². The maximum Gasteiger partial charge on any atom is 0.138 e. The quantitative estimate of drug-likeness (QED) is 0.711. The monoisotopic (exact) mass is 209 g/mol. The van der Waals surface area contributed by atoms with Gasteiger partial charge in [0, 0.05) is 31.5 Å². The summed E-state index contributed by atoms with van der Waals surface area (Å²) in [7, 11) is 0. The second-order valence-electron chi connectivity index (χ2n) is 5.56. The minimum atomic E-state index is 0.241. The van der Waals surface area contributed by atoms with Crippen LogP contribution in [-0.2, 0) is 4.79 Å². The first kappa shape index (κ1) is 11.1. The van der Waals surface area contributed by atoms with Crippen molar-refractivity contribution < 1.29 is 4.79 Å². The normalized spacial score (nSPS) is 35.5. The van der Waals surface area contributed by atoms with Crippen molar-refractivity contribution in [3.05, 3.63) is 0 Å². The Morgan fingerprint density at radius 3 is 2.67 bits per heavy atom. The van der Waals surface area contributed by atoms with Crippen LogP contribution in [0.5, 0.6) is 0 Å². The van der Waals surface area contributed by atoms with Gasteiger partial charge in [-0.25, -0.2) is 0 Å². The van der Waals surface area contributed by atoms with E-state index >= 15 is 0 Å². The van der Waals surface area contributed by atoms with Gasteiger partial charge in [0.15, 0.2) is 0 Å². The molecule has 0 aromatic rings. The molecule has 3 atom stereocenters. The molecular weight excluding hydrogens is 186 g/mol. The molecule has 2 aliphatic rings. The van der Waals surface area contributed by atoms with Crippen molar-refractivity contribution in [2.45, 2.75) is 46.1 Å². The molecule has 2 nitrogen and oxygen atoms in total. The van der Waals surface area contributed by atoms with Crippen LogP contribution in [0.25, 0.3) is 0 Å². The molecule has 3 unspecified atom stereocenters. The first-order valence-corrected chi connectivity index (χ1v) is 6.36. The minimum Gasteiger partial charge on any atom is -0.299 e. The molecule has 0 bridgehead atoms. The van der Waals surface area contributed by atoms with E-state index in [0.29, 0.717) is 11.8 Å². The lowest BCUT2D eigenvalue weighted by Crippen LogP contribution is -2.48. The third kappa shape index (κ3) is 2.41. The predicted octanol–water partition coefficient (Wildman–Crippen LogP) is 2.33. The van der Waals surface area contributed by atoms with Gasteiger partial charge >= 0.3 is 0 Å². The van der Waals surface area contributed by atoms with Gasteiger partial charge in [-0.1, -0.05) is 13.8 Å². The lowest BCUT2D eigenvalue weighted by molar-refractivity contribution is -0.128. The molecule has 0 spiro atoms. The Kier molecular flexibility index (Phi) is 3.15. The van der Waals surface area contributed by atoms with Crippen LogP contribution in [0.2, 0.25) is 0 Å². The molecule has 0 aromatic carbocycles. The molecule has 1 saturated carbocycles. The van der Waals surface area contributed by atoms with Crippen LogP contribution < -0.4 is 0 Å². The lowest BCUT2D eigenvalue weighted by atomic mass is 9.89. The van der Waals surface area contributed by atoms with Crippen LogP contribution >= 0.6 is 0 Å². The summed E-state index contributed by atoms with van der Waals surface area (Å²) in [5.74, 6) is 2.50. The average Bonchev–Trinajstić information content (AvgIpc) is 3.02. The first-order chi connectivity index (χ1) is 7.09. The Balaban J connectivity index is 1.88. The topological polar surface area (TPSA) is 20.3 Å². The summed E-state index contributed by atoms with van der Waals surface area (Å²) >= 11 is 0. The highest BCUT2D eigenvalue weighted by Gasteiger charge is 2.34. The van der Waals surface area contributed by atoms with E-state index in [1.165, 1.54) is 19.4 Å². The molecule has 0 radical (unpaired) electrons. The standard InChI is InChI=1S/C13H23NO/c1-9(12-4-5-12)8-14-7-6-13(15)10(2)11(14)3/h9-12H,4-8H2,1-3H3. The van der Waals surface area contributed by atoms with Gasteiger partial charge in [0.25, 0.3) is 0 Å². The summed E-state index contributed by atoms with van der Waals surface area (Å²) in [6.45, 7) is 8.85. The van der Waals surface area contributed by atoms with Crippen LogP contribution in [-0.4, -0.2) is 29.8 Å². The summed E-state index contributed by atoms with van der Waals surface area (Å²) in [6, 6.07) is 0.451. The molecule has 2 heteroatoms. The van der Waals surface area contributed by atoms with Crippen LogP contribution in [0.4, 0.5) is 0 Å². The van der Waals surface area contributed by atoms with E-state index in [1.54, 1.807) is 0 Å². The van der Waals surface area contributed by atoms with E-state index in [0.717, 1.165) is 24.8 Å². The number of carbonyl (C=O) groups is 1. The fourth-order valence-corrected chi connectivity index (χ4v) is 2.71. The number of carbonyl (C=O) groups excluding carboxylic acids is 1. The van der Waals surface area contributed by atoms with Gasteiger partial charge in [0.1, 0.15) is 5.78 Å². The maximum absolute atomic E-state index is 11.6. The molecule has 2 fully saturated rings. The molecule has 1 aliphatic heterocycles. The molecule has 15 heavy (non-hydrogen) atoms. The van der Waals surface area contributed by atoms with Crippen molar-refractivity contribution >= 4 is 5.78 Å². The van der Waals surface area contributed by atoms with Gasteiger partial charge in [-0.2, -0.15) is 0 Å². The van der Waals surface area contributed by atoms with E-state index in [1.807, 2.05) is 0 Å². The molecule has 0 aromatic heterocycles. The van der Waals surface area contributed by atoms with Crippen LogP contribution in [0.3, 0.4) is 0 Å². The Morgan fingerprint density at radius 2 is 2.07 bits per heavy atom. The first-order valence-electron chi connectivity index (χ1n) is 6.36. The van der Waals surface area contributed by atoms with Crippen molar-refractivity contribution in [1.29, 1.82) is 0 Å². The SMILES string of the molecule is CC(CN1CCC(=O)C(C)C1C)C1CC1. The van der Waals surface area contributed by atoms with Crippen molar-refractivity contribution in [3.8, 4) is 0 Å². The molecule has 1 saturated heterocycles. The van der Waals surface area contributed by atoms with Crippen molar-refractivity contribution in [2.75, 3.05) is 13.1 Å². The zero-order valence-electron chi connectivity index (χ0n) is 10.2. The maximum atomic E-state index is 11.6. The van der Waals surface area contributed by atoms with Gasteiger partial charge in [-0.15, -0.1) is 0 Å². The third-order valence-corrected chi connectivity index (χ3v) is 4.40. The van der Waals surface area contributed by atoms with Crippen LogP contribution in [0, 0.1) is 17.8 Å². The molecule has 0 N–H and O–H groups in total. The minimum absolute atomic E-state index is 0.241. The second-order valence-corrected chi connectivity index (χ2v) is 5.56. The zero-order chi connectivity index (χ0) is 11.0. The fourth-order valence-electron chi connectivity index (χ4n) is 2.71. The number of hydrogen-bond donors (Lipinski definition) is 0. The van der Waals surface area contributed by atoms with E-state index < -0.39 is 0 Å².